The van der Waals surface area contributed by atoms with Crippen molar-refractivity contribution in [3.8, 4) is 23.0 Å². The van der Waals surface area contributed by atoms with Crippen molar-refractivity contribution >= 4 is 17.5 Å². The van der Waals surface area contributed by atoms with Crippen molar-refractivity contribution < 1.29 is 13.9 Å². The van der Waals surface area contributed by atoms with Crippen LogP contribution < -0.4 is 10.1 Å². The van der Waals surface area contributed by atoms with E-state index in [-0.39, 0.29) is 28.9 Å². The number of aryl methyl sites for hydroxylation is 1. The van der Waals surface area contributed by atoms with Crippen LogP contribution in [-0.4, -0.2) is 32.4 Å². The summed E-state index contributed by atoms with van der Waals surface area (Å²) in [6, 6.07) is 1.47. The molecule has 1 aliphatic carbocycles. The number of fused-ring (bicyclic) bond motifs is 5. The van der Waals surface area contributed by atoms with Gasteiger partial charge in [-0.3, -0.25) is 4.79 Å². The van der Waals surface area contributed by atoms with Gasteiger partial charge in [-0.15, -0.1) is 0 Å². The number of nitrogens with zero attached hydrogens (tertiary/aromatic N) is 3. The second-order valence-electron chi connectivity index (χ2n) is 6.92. The Labute approximate surface area is 164 Å². The van der Waals surface area contributed by atoms with Gasteiger partial charge in [-0.1, -0.05) is 6.92 Å². The minimum Gasteiger partial charge on any atom is -0.417 e. The number of carbonyl (C=O) groups is 1. The molecular weight excluding hydrogens is 385 g/mol. The highest BCUT2D eigenvalue weighted by atomic mass is 35.5. The molecule has 0 unspecified atom stereocenters. The van der Waals surface area contributed by atoms with Crippen molar-refractivity contribution in [3.05, 3.63) is 51.9 Å². The lowest BCUT2D eigenvalue weighted by Crippen LogP contribution is -2.34. The number of aromatic amines is 1. The third-order valence-electron chi connectivity index (χ3n) is 5.18. The SMILES string of the molecule is C[C@@H]1CNC(=O)c2c1[nH]c1c2CCc2cnc(Oc3ccnc(Cl)n3)c(F)c2-1. The Morgan fingerprint density at radius 2 is 2.14 bits per heavy atom. The lowest BCUT2D eigenvalue weighted by molar-refractivity contribution is 0.0940. The fourth-order valence-corrected chi connectivity index (χ4v) is 4.00. The quantitative estimate of drug-likeness (QED) is 0.644. The maximum Gasteiger partial charge on any atom is 0.258 e. The van der Waals surface area contributed by atoms with Crippen molar-refractivity contribution in [1.29, 1.82) is 0 Å². The van der Waals surface area contributed by atoms with E-state index >= 15 is 4.39 Å². The van der Waals surface area contributed by atoms with Gasteiger partial charge in [-0.25, -0.2) is 14.4 Å². The molecule has 1 atom stereocenters. The van der Waals surface area contributed by atoms with Crippen LogP contribution in [-0.2, 0) is 12.8 Å². The molecule has 0 spiro atoms. The predicted octanol–water partition coefficient (Wildman–Crippen LogP) is 3.40. The fraction of sp³-hybridized carbons (Fsp3) is 0.263. The number of amides is 1. The largest absolute Gasteiger partial charge is 0.417 e. The first-order valence-corrected chi connectivity index (χ1v) is 9.27. The zero-order chi connectivity index (χ0) is 19.4. The van der Waals surface area contributed by atoms with Gasteiger partial charge >= 0.3 is 0 Å². The highest BCUT2D eigenvalue weighted by Crippen LogP contribution is 2.42. The second-order valence-corrected chi connectivity index (χ2v) is 7.26. The topological polar surface area (TPSA) is 92.8 Å². The van der Waals surface area contributed by atoms with Crippen LogP contribution in [0.2, 0.25) is 5.28 Å². The average molecular weight is 400 g/mol. The molecule has 9 heteroatoms. The van der Waals surface area contributed by atoms with E-state index in [0.29, 0.717) is 36.2 Å². The Bertz CT molecular complexity index is 1130. The monoisotopic (exact) mass is 399 g/mol. The van der Waals surface area contributed by atoms with Crippen molar-refractivity contribution in [3.63, 3.8) is 0 Å². The van der Waals surface area contributed by atoms with Crippen LogP contribution in [0.3, 0.4) is 0 Å². The van der Waals surface area contributed by atoms with Crippen LogP contribution in [0.5, 0.6) is 11.8 Å². The number of pyridine rings is 1. The number of halogens is 2. The Kier molecular flexibility index (Phi) is 3.83. The first-order valence-electron chi connectivity index (χ1n) is 8.90. The van der Waals surface area contributed by atoms with E-state index in [9.17, 15) is 4.79 Å². The zero-order valence-electron chi connectivity index (χ0n) is 14.8. The first-order chi connectivity index (χ1) is 13.5. The third-order valence-corrected chi connectivity index (χ3v) is 5.37. The molecule has 0 saturated carbocycles. The number of nitrogens with one attached hydrogen (secondary N) is 2. The lowest BCUT2D eigenvalue weighted by atomic mass is 9.87. The Morgan fingerprint density at radius 3 is 2.96 bits per heavy atom. The van der Waals surface area contributed by atoms with Gasteiger partial charge < -0.3 is 15.0 Å². The number of aromatic nitrogens is 4. The van der Waals surface area contributed by atoms with E-state index in [1.54, 1.807) is 6.20 Å². The van der Waals surface area contributed by atoms with E-state index in [1.165, 1.54) is 12.3 Å². The fourth-order valence-electron chi connectivity index (χ4n) is 3.86. The van der Waals surface area contributed by atoms with E-state index in [1.807, 2.05) is 6.92 Å². The van der Waals surface area contributed by atoms with Crippen LogP contribution in [0.4, 0.5) is 4.39 Å². The van der Waals surface area contributed by atoms with Crippen LogP contribution in [0, 0.1) is 5.82 Å². The molecular formula is C19H15ClFN5O2. The molecule has 0 radical (unpaired) electrons. The molecule has 1 aliphatic heterocycles. The summed E-state index contributed by atoms with van der Waals surface area (Å²) in [5, 5.41) is 2.89. The highest BCUT2D eigenvalue weighted by Gasteiger charge is 2.34. The smallest absolute Gasteiger partial charge is 0.258 e. The highest BCUT2D eigenvalue weighted by molar-refractivity contribution is 6.28. The van der Waals surface area contributed by atoms with Gasteiger partial charge in [0.05, 0.1) is 11.3 Å². The molecule has 0 bridgehead atoms. The van der Waals surface area contributed by atoms with Gasteiger partial charge in [-0.05, 0) is 35.6 Å². The molecule has 3 aromatic heterocycles. The Morgan fingerprint density at radius 1 is 1.29 bits per heavy atom. The molecule has 28 heavy (non-hydrogen) atoms. The van der Waals surface area contributed by atoms with Gasteiger partial charge in [0.15, 0.2) is 5.82 Å². The summed E-state index contributed by atoms with van der Waals surface area (Å²) in [5.74, 6) is -0.686. The zero-order valence-corrected chi connectivity index (χ0v) is 15.6. The Balaban J connectivity index is 1.64. The summed E-state index contributed by atoms with van der Waals surface area (Å²) >= 11 is 5.76. The number of ether oxygens (including phenoxy) is 1. The molecule has 0 fully saturated rings. The van der Waals surface area contributed by atoms with Crippen molar-refractivity contribution in [2.45, 2.75) is 25.7 Å². The first kappa shape index (κ1) is 17.1. The molecule has 4 heterocycles. The van der Waals surface area contributed by atoms with E-state index in [4.69, 9.17) is 16.3 Å². The van der Waals surface area contributed by atoms with Crippen LogP contribution >= 0.6 is 11.6 Å². The molecule has 3 aromatic rings. The maximum atomic E-state index is 15.4. The minimum atomic E-state index is -0.597. The number of rotatable bonds is 2. The van der Waals surface area contributed by atoms with Gasteiger partial charge in [0.25, 0.3) is 11.8 Å². The number of carbonyl (C=O) groups excluding carboxylic acids is 1. The summed E-state index contributed by atoms with van der Waals surface area (Å²) < 4.78 is 20.9. The molecule has 1 amide bonds. The second kappa shape index (κ2) is 6.27. The molecule has 142 valence electrons. The normalized spacial score (nSPS) is 17.4. The van der Waals surface area contributed by atoms with Gasteiger partial charge in [0.2, 0.25) is 11.2 Å². The number of H-pyrrole nitrogens is 1. The minimum absolute atomic E-state index is 0.00445. The molecule has 2 aliphatic rings. The average Bonchev–Trinajstić information content (AvgIpc) is 3.08. The van der Waals surface area contributed by atoms with Crippen molar-refractivity contribution in [1.82, 2.24) is 25.3 Å². The summed E-state index contributed by atoms with van der Waals surface area (Å²) in [4.78, 5) is 27.5. The van der Waals surface area contributed by atoms with Gasteiger partial charge in [0, 0.05) is 42.2 Å². The summed E-state index contributed by atoms with van der Waals surface area (Å²) in [7, 11) is 0. The number of hydrogen-bond donors (Lipinski definition) is 2. The molecule has 0 saturated heterocycles. The van der Waals surface area contributed by atoms with Crippen LogP contribution in [0.1, 0.15) is 40.0 Å². The van der Waals surface area contributed by atoms with E-state index < -0.39 is 5.82 Å². The maximum absolute atomic E-state index is 15.4. The van der Waals surface area contributed by atoms with Crippen LogP contribution in [0.25, 0.3) is 11.3 Å². The Hall–Kier alpha value is -3.00. The van der Waals surface area contributed by atoms with Crippen molar-refractivity contribution in [2.24, 2.45) is 0 Å². The summed E-state index contributed by atoms with van der Waals surface area (Å²) in [6.07, 6.45) is 4.26. The van der Waals surface area contributed by atoms with Gasteiger partial charge in [0.1, 0.15) is 0 Å². The van der Waals surface area contributed by atoms with E-state index in [2.05, 4.69) is 25.3 Å². The predicted molar refractivity (Wildman–Crippen MR) is 99.3 cm³/mol. The van der Waals surface area contributed by atoms with Crippen molar-refractivity contribution in [2.75, 3.05) is 6.54 Å². The number of hydrogen-bond acceptors (Lipinski definition) is 5. The van der Waals surface area contributed by atoms with Crippen LogP contribution in [0.15, 0.2) is 18.5 Å². The summed E-state index contributed by atoms with van der Waals surface area (Å²) in [5.41, 5.74) is 4.11. The lowest BCUT2D eigenvalue weighted by Gasteiger charge is -2.21. The third kappa shape index (κ3) is 2.56. The molecule has 0 aromatic carbocycles. The molecule has 2 N–H and O–H groups in total. The van der Waals surface area contributed by atoms with Gasteiger partial charge in [-0.2, -0.15) is 4.98 Å². The summed E-state index contributed by atoms with van der Waals surface area (Å²) in [6.45, 7) is 2.58. The van der Waals surface area contributed by atoms with E-state index in [0.717, 1.165) is 16.8 Å². The standard InChI is InChI=1S/C19H15ClFN5O2/c1-8-6-23-17(27)13-10-3-2-9-7-24-18(28-11-4-5-22-19(20)25-11)14(21)12(9)16(10)26-15(8)13/h4-5,7-8,26H,2-3,6H2,1H3,(H,23,27)/t8-/m1/s1. The molecule has 5 rings (SSSR count). The molecule has 7 nitrogen and oxygen atoms in total.